The van der Waals surface area contributed by atoms with Crippen LogP contribution in [0.5, 0.6) is 0 Å². The molecule has 2 aromatic carbocycles. The van der Waals surface area contributed by atoms with Crippen molar-refractivity contribution in [1.82, 2.24) is 10.1 Å². The minimum absolute atomic E-state index is 0.0705. The fourth-order valence-corrected chi connectivity index (χ4v) is 2.76. The maximum absolute atomic E-state index is 12.1. The second-order valence-electron chi connectivity index (χ2n) is 5.74. The zero-order valence-electron chi connectivity index (χ0n) is 13.4. The first-order valence-electron chi connectivity index (χ1n) is 8.01. The summed E-state index contributed by atoms with van der Waals surface area (Å²) in [5.41, 5.74) is 3.61. The topological polar surface area (TPSA) is 68.1 Å². The number of benzene rings is 2. The summed E-state index contributed by atoms with van der Waals surface area (Å²) in [6.07, 6.45) is 2.05. The van der Waals surface area contributed by atoms with Crippen LogP contribution in [0.15, 0.2) is 71.4 Å². The number of nitrogens with one attached hydrogen (secondary N) is 1. The molecule has 124 valence electrons. The van der Waals surface area contributed by atoms with E-state index in [9.17, 15) is 4.79 Å². The van der Waals surface area contributed by atoms with Crippen molar-refractivity contribution in [2.24, 2.45) is 0 Å². The zero-order valence-corrected chi connectivity index (χ0v) is 13.4. The van der Waals surface area contributed by atoms with Crippen molar-refractivity contribution in [3.63, 3.8) is 0 Å². The van der Waals surface area contributed by atoms with E-state index in [0.717, 1.165) is 27.7 Å². The lowest BCUT2D eigenvalue weighted by Crippen LogP contribution is -2.07. The van der Waals surface area contributed by atoms with Gasteiger partial charge in [0, 0.05) is 28.7 Å². The third kappa shape index (κ3) is 3.30. The molecule has 5 heteroatoms. The molecule has 0 saturated heterocycles. The number of nitrogens with zero attached hydrogens (tertiary/aromatic N) is 1. The number of ether oxygens (including phenoxy) is 1. The van der Waals surface area contributed by atoms with E-state index in [1.54, 1.807) is 6.07 Å². The maximum Gasteiger partial charge on any atom is 0.310 e. The maximum atomic E-state index is 12.1. The van der Waals surface area contributed by atoms with Crippen LogP contribution >= 0.6 is 0 Å². The highest BCUT2D eigenvalue weighted by molar-refractivity contribution is 5.87. The molecule has 0 saturated carbocycles. The lowest BCUT2D eigenvalue weighted by atomic mass is 10.1. The molecule has 0 unspecified atom stereocenters. The summed E-state index contributed by atoms with van der Waals surface area (Å²) < 4.78 is 10.6. The Morgan fingerprint density at radius 2 is 1.88 bits per heavy atom. The van der Waals surface area contributed by atoms with Gasteiger partial charge in [0.05, 0.1) is 6.42 Å². The van der Waals surface area contributed by atoms with Crippen molar-refractivity contribution in [3.8, 4) is 11.3 Å². The number of aromatic nitrogens is 2. The van der Waals surface area contributed by atoms with Gasteiger partial charge in [0.25, 0.3) is 0 Å². The van der Waals surface area contributed by atoms with E-state index in [-0.39, 0.29) is 19.0 Å². The predicted octanol–water partition coefficient (Wildman–Crippen LogP) is 4.11. The van der Waals surface area contributed by atoms with Crippen molar-refractivity contribution in [1.29, 1.82) is 0 Å². The van der Waals surface area contributed by atoms with E-state index in [1.807, 2.05) is 60.8 Å². The van der Waals surface area contributed by atoms with Gasteiger partial charge in [0.1, 0.15) is 5.69 Å². The Labute approximate surface area is 144 Å². The van der Waals surface area contributed by atoms with Crippen LogP contribution in [0.4, 0.5) is 0 Å². The third-order valence-electron chi connectivity index (χ3n) is 4.01. The molecule has 0 amide bonds. The molecular formula is C20H16N2O3. The number of aromatic amines is 1. The molecule has 0 spiro atoms. The summed E-state index contributed by atoms with van der Waals surface area (Å²) in [7, 11) is 0. The van der Waals surface area contributed by atoms with Gasteiger partial charge in [-0.1, -0.05) is 53.7 Å². The van der Waals surface area contributed by atoms with Gasteiger partial charge in [-0.3, -0.25) is 4.79 Å². The number of carbonyl (C=O) groups is 1. The molecule has 0 aliphatic carbocycles. The van der Waals surface area contributed by atoms with Crippen molar-refractivity contribution >= 4 is 16.9 Å². The quantitative estimate of drug-likeness (QED) is 0.559. The number of hydrogen-bond acceptors (Lipinski definition) is 4. The highest BCUT2D eigenvalue weighted by Crippen LogP contribution is 2.20. The smallest absolute Gasteiger partial charge is 0.310 e. The zero-order chi connectivity index (χ0) is 17.1. The number of carbonyl (C=O) groups excluding carboxylic acids is 1. The number of hydrogen-bond donors (Lipinski definition) is 1. The molecule has 0 aliphatic rings. The van der Waals surface area contributed by atoms with Crippen LogP contribution in [-0.2, 0) is 22.6 Å². The predicted molar refractivity (Wildman–Crippen MR) is 93.7 cm³/mol. The molecule has 4 aromatic rings. The summed E-state index contributed by atoms with van der Waals surface area (Å²) in [5, 5.41) is 5.04. The van der Waals surface area contributed by atoms with E-state index in [1.165, 1.54) is 0 Å². The second kappa shape index (κ2) is 6.65. The Bertz CT molecular complexity index is 1000. The van der Waals surface area contributed by atoms with Crippen LogP contribution in [0, 0.1) is 0 Å². The van der Waals surface area contributed by atoms with E-state index in [0.29, 0.717) is 5.76 Å². The van der Waals surface area contributed by atoms with Crippen molar-refractivity contribution < 1.29 is 14.1 Å². The Morgan fingerprint density at radius 1 is 1.08 bits per heavy atom. The summed E-state index contributed by atoms with van der Waals surface area (Å²) in [6, 6.07) is 19.4. The Morgan fingerprint density at radius 3 is 2.76 bits per heavy atom. The average Bonchev–Trinajstić information content (AvgIpc) is 3.28. The molecule has 0 aliphatic heterocycles. The van der Waals surface area contributed by atoms with Gasteiger partial charge < -0.3 is 14.2 Å². The van der Waals surface area contributed by atoms with Gasteiger partial charge in [-0.15, -0.1) is 0 Å². The number of rotatable bonds is 5. The monoisotopic (exact) mass is 332 g/mol. The molecule has 25 heavy (non-hydrogen) atoms. The van der Waals surface area contributed by atoms with Crippen molar-refractivity contribution in [2.75, 3.05) is 0 Å². The Balaban J connectivity index is 1.38. The van der Waals surface area contributed by atoms with Crippen LogP contribution in [-0.4, -0.2) is 16.1 Å². The van der Waals surface area contributed by atoms with Crippen LogP contribution in [0.3, 0.4) is 0 Å². The van der Waals surface area contributed by atoms with Crippen molar-refractivity contribution in [2.45, 2.75) is 13.0 Å². The first-order chi connectivity index (χ1) is 12.3. The van der Waals surface area contributed by atoms with Crippen LogP contribution in [0.1, 0.15) is 11.3 Å². The SMILES string of the molecule is O=C(Cc1c[nH]c2ccccc12)OCc1cc(-c2ccccc2)no1. The third-order valence-corrected chi connectivity index (χ3v) is 4.01. The molecule has 0 atom stereocenters. The van der Waals surface area contributed by atoms with Gasteiger partial charge in [0.15, 0.2) is 12.4 Å². The number of esters is 1. The molecule has 0 radical (unpaired) electrons. The molecule has 4 rings (SSSR count). The summed E-state index contributed by atoms with van der Waals surface area (Å²) >= 11 is 0. The molecule has 0 fully saturated rings. The van der Waals surface area contributed by atoms with Crippen LogP contribution in [0.2, 0.25) is 0 Å². The fraction of sp³-hybridized carbons (Fsp3) is 0.100. The Kier molecular flexibility index (Phi) is 4.04. The molecular weight excluding hydrogens is 316 g/mol. The van der Waals surface area contributed by atoms with Gasteiger partial charge in [-0.05, 0) is 11.6 Å². The summed E-state index contributed by atoms with van der Waals surface area (Å²) in [5.74, 6) is 0.216. The van der Waals surface area contributed by atoms with Crippen LogP contribution < -0.4 is 0 Å². The number of H-pyrrole nitrogens is 1. The number of fused-ring (bicyclic) bond motifs is 1. The first-order valence-corrected chi connectivity index (χ1v) is 8.01. The second-order valence-corrected chi connectivity index (χ2v) is 5.74. The van der Waals surface area contributed by atoms with E-state index < -0.39 is 0 Å². The molecule has 5 nitrogen and oxygen atoms in total. The van der Waals surface area contributed by atoms with Gasteiger partial charge in [-0.25, -0.2) is 0 Å². The van der Waals surface area contributed by atoms with Crippen LogP contribution in [0.25, 0.3) is 22.2 Å². The lowest BCUT2D eigenvalue weighted by molar-refractivity contribution is -0.144. The van der Waals surface area contributed by atoms with E-state index >= 15 is 0 Å². The van der Waals surface area contributed by atoms with Crippen molar-refractivity contribution in [3.05, 3.63) is 78.2 Å². The first kappa shape index (κ1) is 15.2. The van der Waals surface area contributed by atoms with E-state index in [4.69, 9.17) is 9.26 Å². The lowest BCUT2D eigenvalue weighted by Gasteiger charge is -2.01. The number of para-hydroxylation sites is 1. The average molecular weight is 332 g/mol. The highest BCUT2D eigenvalue weighted by Gasteiger charge is 2.12. The molecule has 2 heterocycles. The largest absolute Gasteiger partial charge is 0.457 e. The normalized spacial score (nSPS) is 10.9. The van der Waals surface area contributed by atoms with Gasteiger partial charge >= 0.3 is 5.97 Å². The molecule has 2 aromatic heterocycles. The fourth-order valence-electron chi connectivity index (χ4n) is 2.76. The summed E-state index contributed by atoms with van der Waals surface area (Å²) in [6.45, 7) is 0.0705. The minimum atomic E-state index is -0.303. The van der Waals surface area contributed by atoms with Gasteiger partial charge in [0.2, 0.25) is 0 Å². The highest BCUT2D eigenvalue weighted by atomic mass is 16.5. The molecule has 0 bridgehead atoms. The standard InChI is InChI=1S/C20H16N2O3/c23-20(10-15-12-21-18-9-5-4-8-17(15)18)24-13-16-11-19(22-25-16)14-6-2-1-3-7-14/h1-9,11-12,21H,10,13H2. The van der Waals surface area contributed by atoms with E-state index in [2.05, 4.69) is 10.1 Å². The summed E-state index contributed by atoms with van der Waals surface area (Å²) in [4.78, 5) is 15.3. The Hall–Kier alpha value is -3.34. The minimum Gasteiger partial charge on any atom is -0.457 e. The van der Waals surface area contributed by atoms with Gasteiger partial charge in [-0.2, -0.15) is 0 Å². The molecule has 1 N–H and O–H groups in total.